The summed E-state index contributed by atoms with van der Waals surface area (Å²) in [5, 5.41) is 17.1. The quantitative estimate of drug-likeness (QED) is 0.155. The van der Waals surface area contributed by atoms with Gasteiger partial charge in [-0.3, -0.25) is 0 Å². The normalized spacial score (nSPS) is 11.9. The van der Waals surface area contributed by atoms with Crippen LogP contribution in [0.5, 0.6) is 17.2 Å². The molecule has 2 rings (SSSR count). The average molecular weight is 573 g/mol. The van der Waals surface area contributed by atoms with Crippen LogP contribution >= 0.6 is 24.0 Å². The number of hydrogen-bond acceptors (Lipinski definition) is 6. The van der Waals surface area contributed by atoms with E-state index < -0.39 is 6.10 Å². The predicted octanol–water partition coefficient (Wildman–Crippen LogP) is 3.44. The summed E-state index contributed by atoms with van der Waals surface area (Å²) in [6.45, 7) is 6.38. The number of nitrogens with zero attached hydrogens (tertiary/aromatic N) is 1. The molecule has 0 aliphatic rings. The van der Waals surface area contributed by atoms with Crippen LogP contribution in [0.1, 0.15) is 29.7 Å². The van der Waals surface area contributed by atoms with Gasteiger partial charge in [-0.1, -0.05) is 12.1 Å². The highest BCUT2D eigenvalue weighted by Gasteiger charge is 2.15. The number of aliphatic imine (C=N–C) groups is 1. The predicted molar refractivity (Wildman–Crippen MR) is 141 cm³/mol. The number of aryl methyl sites for hydroxylation is 1. The second-order valence-corrected chi connectivity index (χ2v) is 7.15. The van der Waals surface area contributed by atoms with Crippen molar-refractivity contribution in [2.24, 2.45) is 4.99 Å². The first-order valence-electron chi connectivity index (χ1n) is 10.7. The molecule has 0 aromatic heterocycles. The number of guanidine groups is 1. The van der Waals surface area contributed by atoms with Crippen molar-refractivity contribution in [3.63, 3.8) is 0 Å². The van der Waals surface area contributed by atoms with Gasteiger partial charge >= 0.3 is 0 Å². The van der Waals surface area contributed by atoms with E-state index in [1.165, 1.54) is 0 Å². The second kappa shape index (κ2) is 15.6. The molecule has 0 spiro atoms. The van der Waals surface area contributed by atoms with E-state index in [1.807, 2.05) is 32.0 Å². The molecule has 0 saturated carbocycles. The van der Waals surface area contributed by atoms with Crippen LogP contribution in [0.3, 0.4) is 0 Å². The zero-order valence-electron chi connectivity index (χ0n) is 20.0. The molecule has 1 unspecified atom stereocenters. The Morgan fingerprint density at radius 3 is 2.45 bits per heavy atom. The van der Waals surface area contributed by atoms with E-state index in [4.69, 9.17) is 18.9 Å². The van der Waals surface area contributed by atoms with Crippen LogP contribution in [-0.4, -0.2) is 58.7 Å². The SMILES string of the molecule is CCNC(=NCc1ccc(C)cc1OCCOC)NCC(O)c1cc(OC)ccc1OC.I. The maximum Gasteiger partial charge on any atom is 0.191 e. The van der Waals surface area contributed by atoms with Crippen molar-refractivity contribution < 1.29 is 24.1 Å². The van der Waals surface area contributed by atoms with Gasteiger partial charge in [0.1, 0.15) is 23.9 Å². The lowest BCUT2D eigenvalue weighted by atomic mass is 10.1. The Kier molecular flexibility index (Phi) is 13.6. The standard InChI is InChI=1S/C24H35N3O5.HI/c1-6-25-24(26-15-18-8-7-17(2)13-23(18)32-12-11-29-3)27-16-21(28)20-14-19(30-4)9-10-22(20)31-5;/h7-10,13-14,21,28H,6,11-12,15-16H2,1-5H3,(H2,25,26,27);1H. The summed E-state index contributed by atoms with van der Waals surface area (Å²) in [4.78, 5) is 4.66. The van der Waals surface area contributed by atoms with Gasteiger partial charge in [-0.05, 0) is 43.7 Å². The Morgan fingerprint density at radius 1 is 1.00 bits per heavy atom. The largest absolute Gasteiger partial charge is 0.497 e. The molecule has 0 radical (unpaired) electrons. The highest BCUT2D eigenvalue weighted by Crippen LogP contribution is 2.29. The fourth-order valence-electron chi connectivity index (χ4n) is 3.07. The molecule has 184 valence electrons. The number of aliphatic hydroxyl groups excluding tert-OH is 1. The molecule has 1 atom stereocenters. The van der Waals surface area contributed by atoms with Crippen LogP contribution in [0, 0.1) is 6.92 Å². The molecule has 0 heterocycles. The molecule has 0 fully saturated rings. The minimum atomic E-state index is -0.809. The molecule has 0 amide bonds. The summed E-state index contributed by atoms with van der Waals surface area (Å²) in [5.74, 6) is 2.64. The number of halogens is 1. The molecule has 3 N–H and O–H groups in total. The van der Waals surface area contributed by atoms with Crippen molar-refractivity contribution in [2.75, 3.05) is 47.6 Å². The smallest absolute Gasteiger partial charge is 0.191 e. The van der Waals surface area contributed by atoms with Gasteiger partial charge in [0.25, 0.3) is 0 Å². The molecule has 0 aliphatic heterocycles. The van der Waals surface area contributed by atoms with Crippen LogP contribution in [0.4, 0.5) is 0 Å². The molecule has 0 bridgehead atoms. The third-order valence-corrected chi connectivity index (χ3v) is 4.78. The third kappa shape index (κ3) is 9.26. The number of rotatable bonds is 12. The lowest BCUT2D eigenvalue weighted by molar-refractivity contribution is 0.145. The minimum absolute atomic E-state index is 0. The Labute approximate surface area is 213 Å². The van der Waals surface area contributed by atoms with E-state index in [-0.39, 0.29) is 30.5 Å². The number of ether oxygens (including phenoxy) is 4. The summed E-state index contributed by atoms with van der Waals surface area (Å²) in [6.07, 6.45) is -0.809. The Hall–Kier alpha value is -2.24. The van der Waals surface area contributed by atoms with E-state index in [9.17, 15) is 5.11 Å². The maximum absolute atomic E-state index is 10.7. The molecule has 9 heteroatoms. The van der Waals surface area contributed by atoms with Crippen LogP contribution in [0.2, 0.25) is 0 Å². The number of aliphatic hydroxyl groups is 1. The zero-order chi connectivity index (χ0) is 23.3. The number of methoxy groups -OCH3 is 3. The van der Waals surface area contributed by atoms with Crippen LogP contribution in [-0.2, 0) is 11.3 Å². The van der Waals surface area contributed by atoms with E-state index in [0.717, 1.165) is 16.9 Å². The summed E-state index contributed by atoms with van der Waals surface area (Å²) in [6, 6.07) is 11.4. The van der Waals surface area contributed by atoms with Gasteiger partial charge in [0.2, 0.25) is 0 Å². The Morgan fingerprint density at radius 2 is 1.79 bits per heavy atom. The summed E-state index contributed by atoms with van der Waals surface area (Å²) < 4.78 is 21.6. The molecule has 2 aromatic rings. The summed E-state index contributed by atoms with van der Waals surface area (Å²) in [5.41, 5.74) is 2.73. The Bertz CT molecular complexity index is 879. The molecular weight excluding hydrogens is 537 g/mol. The first-order chi connectivity index (χ1) is 15.5. The fourth-order valence-corrected chi connectivity index (χ4v) is 3.07. The first-order valence-corrected chi connectivity index (χ1v) is 10.7. The third-order valence-electron chi connectivity index (χ3n) is 4.78. The summed E-state index contributed by atoms with van der Waals surface area (Å²) in [7, 11) is 4.81. The maximum atomic E-state index is 10.7. The van der Waals surface area contributed by atoms with Gasteiger partial charge in [-0.25, -0.2) is 4.99 Å². The number of hydrogen-bond donors (Lipinski definition) is 3. The van der Waals surface area contributed by atoms with Crippen molar-refractivity contribution in [3.05, 3.63) is 53.1 Å². The highest BCUT2D eigenvalue weighted by atomic mass is 127. The lowest BCUT2D eigenvalue weighted by Crippen LogP contribution is -2.39. The lowest BCUT2D eigenvalue weighted by Gasteiger charge is -2.18. The van der Waals surface area contributed by atoms with E-state index in [2.05, 4.69) is 15.6 Å². The molecule has 0 aliphatic carbocycles. The summed E-state index contributed by atoms with van der Waals surface area (Å²) >= 11 is 0. The number of benzene rings is 2. The van der Waals surface area contributed by atoms with Crippen LogP contribution in [0.25, 0.3) is 0 Å². The molecule has 2 aromatic carbocycles. The molecular formula is C24H36IN3O5. The molecule has 0 saturated heterocycles. The van der Waals surface area contributed by atoms with Gasteiger partial charge < -0.3 is 34.7 Å². The van der Waals surface area contributed by atoms with Crippen molar-refractivity contribution in [3.8, 4) is 17.2 Å². The second-order valence-electron chi connectivity index (χ2n) is 7.15. The van der Waals surface area contributed by atoms with Crippen LogP contribution in [0.15, 0.2) is 41.4 Å². The van der Waals surface area contributed by atoms with E-state index in [0.29, 0.717) is 49.3 Å². The molecule has 33 heavy (non-hydrogen) atoms. The van der Waals surface area contributed by atoms with Crippen molar-refractivity contribution in [1.29, 1.82) is 0 Å². The monoisotopic (exact) mass is 573 g/mol. The van der Waals surface area contributed by atoms with Gasteiger partial charge in [0.15, 0.2) is 5.96 Å². The first kappa shape index (κ1) is 28.8. The average Bonchev–Trinajstić information content (AvgIpc) is 2.81. The van der Waals surface area contributed by atoms with Crippen LogP contribution < -0.4 is 24.8 Å². The van der Waals surface area contributed by atoms with E-state index in [1.54, 1.807) is 39.5 Å². The topological polar surface area (TPSA) is 93.6 Å². The molecule has 8 nitrogen and oxygen atoms in total. The van der Waals surface area contributed by atoms with Gasteiger partial charge in [0.05, 0.1) is 33.5 Å². The number of nitrogens with one attached hydrogen (secondary N) is 2. The highest BCUT2D eigenvalue weighted by molar-refractivity contribution is 14.0. The van der Waals surface area contributed by atoms with Gasteiger partial charge in [-0.15, -0.1) is 24.0 Å². The van der Waals surface area contributed by atoms with Crippen molar-refractivity contribution in [2.45, 2.75) is 26.5 Å². The fraction of sp³-hybridized carbons (Fsp3) is 0.458. The zero-order valence-corrected chi connectivity index (χ0v) is 22.3. The minimum Gasteiger partial charge on any atom is -0.497 e. The Balaban J connectivity index is 0.00000544. The van der Waals surface area contributed by atoms with Crippen molar-refractivity contribution >= 4 is 29.9 Å². The van der Waals surface area contributed by atoms with E-state index >= 15 is 0 Å². The van der Waals surface area contributed by atoms with Gasteiger partial charge in [-0.2, -0.15) is 0 Å². The van der Waals surface area contributed by atoms with Crippen molar-refractivity contribution in [1.82, 2.24) is 10.6 Å². The van der Waals surface area contributed by atoms with Gasteiger partial charge in [0, 0.05) is 31.3 Å².